The Morgan fingerprint density at radius 2 is 1.70 bits per heavy atom. The third-order valence-corrected chi connectivity index (χ3v) is 2.61. The van der Waals surface area contributed by atoms with Gasteiger partial charge in [0.25, 0.3) is 0 Å². The zero-order chi connectivity index (χ0) is 15.1. The summed E-state index contributed by atoms with van der Waals surface area (Å²) in [6.45, 7) is 5.28. The number of hydrogen-bond acceptors (Lipinski definition) is 7. The van der Waals surface area contributed by atoms with Gasteiger partial charge in [0.2, 0.25) is 0 Å². The number of ether oxygens (including phenoxy) is 2. The van der Waals surface area contributed by atoms with Crippen molar-refractivity contribution in [3.8, 4) is 12.0 Å². The first-order valence-corrected chi connectivity index (χ1v) is 7.83. The molecule has 0 aromatic carbocycles. The lowest BCUT2D eigenvalue weighted by Crippen LogP contribution is -2.15. The molecule has 8 heteroatoms. The molecule has 0 saturated heterocycles. The van der Waals surface area contributed by atoms with E-state index in [0.29, 0.717) is 26.2 Å². The Labute approximate surface area is 120 Å². The van der Waals surface area contributed by atoms with Crippen molar-refractivity contribution in [1.29, 1.82) is 0 Å². The van der Waals surface area contributed by atoms with E-state index >= 15 is 0 Å². The van der Waals surface area contributed by atoms with Gasteiger partial charge in [-0.3, -0.25) is 4.89 Å². The molecule has 0 amide bonds. The molecule has 0 saturated carbocycles. The highest BCUT2D eigenvalue weighted by molar-refractivity contribution is 7.81. The lowest BCUT2D eigenvalue weighted by atomic mass is 10.3. The summed E-state index contributed by atoms with van der Waals surface area (Å²) in [5.41, 5.74) is 0. The van der Waals surface area contributed by atoms with Gasteiger partial charge in [0.1, 0.15) is 0 Å². The first-order chi connectivity index (χ1) is 9.62. The number of rotatable bonds is 12. The van der Waals surface area contributed by atoms with Crippen LogP contribution in [0, 0.1) is 12.0 Å². The van der Waals surface area contributed by atoms with E-state index in [1.54, 1.807) is 0 Å². The minimum Gasteiger partial charge on any atom is -0.379 e. The van der Waals surface area contributed by atoms with Crippen LogP contribution in [0.25, 0.3) is 0 Å². The predicted molar refractivity (Wildman–Crippen MR) is 71.7 cm³/mol. The summed E-state index contributed by atoms with van der Waals surface area (Å²) >= 11 is 0. The molecule has 0 aliphatic heterocycles. The molecule has 0 aromatic heterocycles. The second-order valence-electron chi connectivity index (χ2n) is 3.57. The average Bonchev–Trinajstić information content (AvgIpc) is 2.41. The van der Waals surface area contributed by atoms with Gasteiger partial charge in [0.05, 0.1) is 26.4 Å². The van der Waals surface area contributed by atoms with Crippen LogP contribution in [0.2, 0.25) is 0 Å². The van der Waals surface area contributed by atoms with Crippen molar-refractivity contribution in [3.63, 3.8) is 0 Å². The van der Waals surface area contributed by atoms with Crippen molar-refractivity contribution in [2.24, 2.45) is 0 Å². The second kappa shape index (κ2) is 13.1. The molecule has 0 N–H and O–H groups in total. The summed E-state index contributed by atoms with van der Waals surface area (Å²) in [6, 6.07) is 0. The first kappa shape index (κ1) is 19.1. The van der Waals surface area contributed by atoms with E-state index in [1.165, 1.54) is 0 Å². The third kappa shape index (κ3) is 13.6. The summed E-state index contributed by atoms with van der Waals surface area (Å²) in [4.78, 5) is 4.22. The Hall–Kier alpha value is -0.850. The van der Waals surface area contributed by atoms with E-state index in [2.05, 4.69) is 25.4 Å². The van der Waals surface area contributed by atoms with Crippen LogP contribution in [0.4, 0.5) is 0 Å². The Bertz CT molecular complexity index is 369. The molecule has 0 spiro atoms. The molecule has 0 aliphatic carbocycles. The van der Waals surface area contributed by atoms with Gasteiger partial charge in [-0.25, -0.2) is 4.18 Å². The van der Waals surface area contributed by atoms with Gasteiger partial charge in [-0.15, -0.1) is 0 Å². The van der Waals surface area contributed by atoms with Crippen molar-refractivity contribution >= 4 is 10.4 Å². The zero-order valence-corrected chi connectivity index (χ0v) is 12.7. The summed E-state index contributed by atoms with van der Waals surface area (Å²) in [5, 5.41) is 0. The summed E-state index contributed by atoms with van der Waals surface area (Å²) in [5.74, 6) is 2.60. The van der Waals surface area contributed by atoms with Crippen LogP contribution >= 0.6 is 0 Å². The smallest absolute Gasteiger partial charge is 0.379 e. The lowest BCUT2D eigenvalue weighted by molar-refractivity contribution is -0.139. The standard InChI is InChI=1S/C12H22O7S/c1-3-5-6-7-8-17-19-20(13,14)18-12-11-16-10-9-15-4-2/h3-6,9-12H2,1-2H3. The molecule has 0 aromatic rings. The van der Waals surface area contributed by atoms with E-state index < -0.39 is 10.4 Å². The van der Waals surface area contributed by atoms with E-state index in [4.69, 9.17) is 9.47 Å². The normalized spacial score (nSPS) is 10.9. The molecule has 0 bridgehead atoms. The Morgan fingerprint density at radius 1 is 1.00 bits per heavy atom. The zero-order valence-electron chi connectivity index (χ0n) is 11.9. The highest BCUT2D eigenvalue weighted by atomic mass is 32.3. The predicted octanol–water partition coefficient (Wildman–Crippen LogP) is 1.40. The third-order valence-electron chi connectivity index (χ3n) is 1.92. The quantitative estimate of drug-likeness (QED) is 0.233. The maximum absolute atomic E-state index is 11.1. The summed E-state index contributed by atoms with van der Waals surface area (Å²) in [6.07, 6.45) is 4.66. The van der Waals surface area contributed by atoms with Gasteiger partial charge in [-0.05, 0) is 17.7 Å². The van der Waals surface area contributed by atoms with Gasteiger partial charge < -0.3 is 9.47 Å². The average molecular weight is 310 g/mol. The molecule has 0 fully saturated rings. The van der Waals surface area contributed by atoms with Gasteiger partial charge >= 0.3 is 10.4 Å². The van der Waals surface area contributed by atoms with Crippen LogP contribution in [-0.2, 0) is 33.3 Å². The van der Waals surface area contributed by atoms with Crippen molar-refractivity contribution in [2.75, 3.05) is 33.0 Å². The Kier molecular flexibility index (Phi) is 12.6. The van der Waals surface area contributed by atoms with Crippen LogP contribution in [-0.4, -0.2) is 41.5 Å². The minimum absolute atomic E-state index is 0.109. The molecular formula is C12H22O7S. The van der Waals surface area contributed by atoms with Crippen molar-refractivity contribution < 1.29 is 31.3 Å². The molecule has 0 atom stereocenters. The van der Waals surface area contributed by atoms with Crippen LogP contribution in [0.15, 0.2) is 0 Å². The summed E-state index contributed by atoms with van der Waals surface area (Å²) in [7, 11) is -4.21. The largest absolute Gasteiger partial charge is 0.436 e. The van der Waals surface area contributed by atoms with Crippen LogP contribution in [0.5, 0.6) is 0 Å². The van der Waals surface area contributed by atoms with Crippen molar-refractivity contribution in [2.45, 2.75) is 33.1 Å². The molecule has 0 rings (SSSR count). The molecule has 118 valence electrons. The van der Waals surface area contributed by atoms with Crippen LogP contribution in [0.1, 0.15) is 33.1 Å². The van der Waals surface area contributed by atoms with Crippen LogP contribution in [0.3, 0.4) is 0 Å². The topological polar surface area (TPSA) is 80.3 Å². The molecule has 7 nitrogen and oxygen atoms in total. The monoisotopic (exact) mass is 310 g/mol. The van der Waals surface area contributed by atoms with E-state index in [0.717, 1.165) is 12.8 Å². The first-order valence-electron chi connectivity index (χ1n) is 6.50. The summed E-state index contributed by atoms with van der Waals surface area (Å²) < 4.78 is 40.9. The highest BCUT2D eigenvalue weighted by Crippen LogP contribution is 1.97. The fourth-order valence-corrected chi connectivity index (χ4v) is 1.41. The Morgan fingerprint density at radius 3 is 2.40 bits per heavy atom. The van der Waals surface area contributed by atoms with Crippen molar-refractivity contribution in [3.05, 3.63) is 0 Å². The van der Waals surface area contributed by atoms with E-state index in [-0.39, 0.29) is 13.2 Å². The highest BCUT2D eigenvalue weighted by Gasteiger charge is 2.13. The molecule has 0 radical (unpaired) electrons. The van der Waals surface area contributed by atoms with Gasteiger partial charge in [-0.2, -0.15) is 8.42 Å². The maximum Gasteiger partial charge on any atom is 0.436 e. The molecule has 0 aliphatic rings. The lowest BCUT2D eigenvalue weighted by Gasteiger charge is -2.04. The van der Waals surface area contributed by atoms with Gasteiger partial charge in [-0.1, -0.05) is 19.3 Å². The molecule has 0 unspecified atom stereocenters. The SMILES string of the molecule is CCCCC#COOS(=O)(=O)OCCOCCOCC. The van der Waals surface area contributed by atoms with Crippen LogP contribution < -0.4 is 0 Å². The number of hydrogen-bond donors (Lipinski definition) is 0. The fourth-order valence-electron chi connectivity index (χ4n) is 0.983. The van der Waals surface area contributed by atoms with E-state index in [1.807, 2.05) is 13.8 Å². The fraction of sp³-hybridized carbons (Fsp3) is 0.833. The van der Waals surface area contributed by atoms with Crippen molar-refractivity contribution in [1.82, 2.24) is 0 Å². The van der Waals surface area contributed by atoms with Gasteiger partial charge in [0.15, 0.2) is 6.11 Å². The molecular weight excluding hydrogens is 288 g/mol. The maximum atomic E-state index is 11.1. The second-order valence-corrected chi connectivity index (χ2v) is 4.76. The molecule has 20 heavy (non-hydrogen) atoms. The molecule has 0 heterocycles. The number of unbranched alkanes of at least 4 members (excludes halogenated alkanes) is 2. The van der Waals surface area contributed by atoms with Gasteiger partial charge in [0, 0.05) is 13.0 Å². The minimum atomic E-state index is -4.21. The Balaban J connectivity index is 3.56. The van der Waals surface area contributed by atoms with E-state index in [9.17, 15) is 8.42 Å².